The van der Waals surface area contributed by atoms with Crippen LogP contribution in [0, 0.1) is 0 Å². The molecule has 0 saturated carbocycles. The van der Waals surface area contributed by atoms with Crippen LogP contribution in [0.2, 0.25) is 0 Å². The molecule has 12 nitrogen and oxygen atoms in total. The zero-order chi connectivity index (χ0) is 25.5. The largest absolute Gasteiger partial charge is 0.507 e. The summed E-state index contributed by atoms with van der Waals surface area (Å²) in [7, 11) is 0. The molecule has 0 radical (unpaired) electrons. The van der Waals surface area contributed by atoms with Gasteiger partial charge in [0.1, 0.15) is 11.5 Å². The van der Waals surface area contributed by atoms with Gasteiger partial charge in [0, 0.05) is 43.1 Å². The van der Waals surface area contributed by atoms with Crippen molar-refractivity contribution in [3.8, 4) is 23.3 Å². The maximum Gasteiger partial charge on any atom is 0.294 e. The predicted octanol–water partition coefficient (Wildman–Crippen LogP) is 1.26. The van der Waals surface area contributed by atoms with Gasteiger partial charge in [-0.05, 0) is 24.3 Å². The fourth-order valence-corrected chi connectivity index (χ4v) is 5.54. The number of phenols is 2. The van der Waals surface area contributed by atoms with Gasteiger partial charge in [0.05, 0.1) is 21.5 Å². The maximum absolute atomic E-state index is 13.4. The molecule has 6 N–H and O–H groups in total. The van der Waals surface area contributed by atoms with Crippen molar-refractivity contribution >= 4 is 64.6 Å². The fraction of sp³-hybridized carbons (Fsp3) is 0. The molecule has 12 heteroatoms. The summed E-state index contributed by atoms with van der Waals surface area (Å²) in [6.45, 7) is 0. The van der Waals surface area contributed by atoms with E-state index >= 15 is 0 Å². The minimum atomic E-state index is -1.19. The lowest BCUT2D eigenvalue weighted by atomic mass is 9.85. The predicted molar refractivity (Wildman–Crippen MR) is 127 cm³/mol. The SMILES string of the molecule is O=c1cc2c(=O)n(O)c(=O)c3cc(=O)c4c5c(O)cc6c(O)n(O)c(O)c7cc(O)c(c1c4c23)c5c76. The quantitative estimate of drug-likeness (QED) is 0.103. The minimum Gasteiger partial charge on any atom is -0.507 e. The van der Waals surface area contributed by atoms with Gasteiger partial charge >= 0.3 is 0 Å². The first-order chi connectivity index (χ1) is 17.0. The molecule has 0 amide bonds. The van der Waals surface area contributed by atoms with Crippen molar-refractivity contribution < 1.29 is 30.8 Å². The zero-order valence-electron chi connectivity index (χ0n) is 17.5. The number of hydrogen-bond donors (Lipinski definition) is 6. The van der Waals surface area contributed by atoms with E-state index in [0.29, 0.717) is 0 Å². The number of fused-ring (bicyclic) bond motifs is 2. The Bertz CT molecular complexity index is 2250. The molecule has 0 unspecified atom stereocenters. The molecular weight excluding hydrogens is 476 g/mol. The van der Waals surface area contributed by atoms with Crippen LogP contribution < -0.4 is 22.0 Å². The molecule has 176 valence electrons. The number of benzene rings is 5. The summed E-state index contributed by atoms with van der Waals surface area (Å²) in [6.07, 6.45) is 0. The van der Waals surface area contributed by atoms with E-state index in [0.717, 1.165) is 24.3 Å². The number of aromatic hydroxyl groups is 4. The Morgan fingerprint density at radius 2 is 0.833 bits per heavy atom. The van der Waals surface area contributed by atoms with E-state index in [2.05, 4.69) is 0 Å². The summed E-state index contributed by atoms with van der Waals surface area (Å²) in [5, 5.41) is 60.7. The van der Waals surface area contributed by atoms with E-state index in [1.807, 2.05) is 0 Å². The number of nitrogens with zero attached hydrogens (tertiary/aromatic N) is 2. The van der Waals surface area contributed by atoms with Gasteiger partial charge in [0.25, 0.3) is 11.1 Å². The van der Waals surface area contributed by atoms with E-state index in [-0.39, 0.29) is 74.1 Å². The van der Waals surface area contributed by atoms with Crippen LogP contribution in [0.5, 0.6) is 23.3 Å². The highest BCUT2D eigenvalue weighted by Crippen LogP contribution is 2.51. The summed E-state index contributed by atoms with van der Waals surface area (Å²) in [4.78, 5) is 52.0. The molecular formula is C24H10N2O10. The lowest BCUT2D eigenvalue weighted by Crippen LogP contribution is -2.32. The number of pyridine rings is 2. The average molecular weight is 486 g/mol. The Morgan fingerprint density at radius 3 is 1.28 bits per heavy atom. The maximum atomic E-state index is 13.4. The van der Waals surface area contributed by atoms with Crippen molar-refractivity contribution in [2.24, 2.45) is 0 Å². The molecule has 0 spiro atoms. The Hall–Kier alpha value is -5.52. The van der Waals surface area contributed by atoms with E-state index in [9.17, 15) is 50.0 Å². The first-order valence-corrected chi connectivity index (χ1v) is 10.3. The molecule has 0 aliphatic carbocycles. The molecule has 36 heavy (non-hydrogen) atoms. The molecule has 2 heterocycles. The zero-order valence-corrected chi connectivity index (χ0v) is 17.5. The van der Waals surface area contributed by atoms with E-state index in [4.69, 9.17) is 0 Å². The molecule has 0 atom stereocenters. The highest BCUT2D eigenvalue weighted by molar-refractivity contribution is 6.41. The molecule has 7 aromatic rings. The van der Waals surface area contributed by atoms with Crippen molar-refractivity contribution in [1.29, 1.82) is 0 Å². The van der Waals surface area contributed by atoms with Crippen molar-refractivity contribution in [3.63, 3.8) is 0 Å². The van der Waals surface area contributed by atoms with Crippen LogP contribution >= 0.6 is 0 Å². The smallest absolute Gasteiger partial charge is 0.294 e. The average Bonchev–Trinajstić information content (AvgIpc) is 2.84. The number of aromatic nitrogens is 2. The van der Waals surface area contributed by atoms with Crippen LogP contribution in [-0.2, 0) is 0 Å². The molecule has 2 aromatic heterocycles. The summed E-state index contributed by atoms with van der Waals surface area (Å²) in [5.74, 6) is -2.91. The van der Waals surface area contributed by atoms with Gasteiger partial charge in [-0.2, -0.15) is 0 Å². The van der Waals surface area contributed by atoms with Crippen LogP contribution in [0.4, 0.5) is 0 Å². The number of rotatable bonds is 0. The first kappa shape index (κ1) is 19.9. The minimum absolute atomic E-state index is 0.0161. The van der Waals surface area contributed by atoms with Gasteiger partial charge in [0.2, 0.25) is 11.8 Å². The second-order valence-electron chi connectivity index (χ2n) is 8.61. The summed E-state index contributed by atoms with van der Waals surface area (Å²) >= 11 is 0. The van der Waals surface area contributed by atoms with Crippen molar-refractivity contribution in [1.82, 2.24) is 9.46 Å². The summed E-state index contributed by atoms with van der Waals surface area (Å²) < 4.78 is -0.163. The van der Waals surface area contributed by atoms with Gasteiger partial charge in [-0.1, -0.05) is 0 Å². The van der Waals surface area contributed by atoms with Gasteiger partial charge in [0.15, 0.2) is 10.9 Å². The van der Waals surface area contributed by atoms with Crippen LogP contribution in [0.3, 0.4) is 0 Å². The van der Waals surface area contributed by atoms with Gasteiger partial charge < -0.3 is 30.8 Å². The standard InChI is InChI=1S/C24H10N2O10/c27-9-1-5-13-6(22(32)25(35)21(5)31)2-11(29)17-18-12(30)4-8-14-7(23(33)26(36)24(8)34)3-10(28)16(20(14)18)15(9)19(13)17/h1-4,27,29,31-32,35-36H. The molecule has 5 aromatic carbocycles. The number of phenolic OH excluding ortho intramolecular Hbond substituents is 2. The molecule has 0 fully saturated rings. The summed E-state index contributed by atoms with van der Waals surface area (Å²) in [6, 6.07) is 3.79. The molecule has 0 aliphatic heterocycles. The molecule has 7 rings (SSSR count). The molecule has 0 bridgehead atoms. The van der Waals surface area contributed by atoms with Crippen LogP contribution in [0.25, 0.3) is 64.6 Å². The van der Waals surface area contributed by atoms with Crippen molar-refractivity contribution in [2.75, 3.05) is 0 Å². The van der Waals surface area contributed by atoms with Crippen LogP contribution in [0.1, 0.15) is 0 Å². The Morgan fingerprint density at radius 1 is 0.444 bits per heavy atom. The third-order valence-electron chi connectivity index (χ3n) is 6.92. The van der Waals surface area contributed by atoms with Crippen LogP contribution in [-0.4, -0.2) is 40.3 Å². The molecule has 0 aliphatic rings. The number of hydrogen-bond acceptors (Lipinski definition) is 10. The van der Waals surface area contributed by atoms with Crippen molar-refractivity contribution in [2.45, 2.75) is 0 Å². The van der Waals surface area contributed by atoms with Crippen molar-refractivity contribution in [3.05, 3.63) is 65.4 Å². The molecule has 0 saturated heterocycles. The van der Waals surface area contributed by atoms with Gasteiger partial charge in [-0.15, -0.1) is 9.46 Å². The monoisotopic (exact) mass is 486 g/mol. The first-order valence-electron chi connectivity index (χ1n) is 10.3. The Kier molecular flexibility index (Phi) is 3.18. The Labute approximate surface area is 194 Å². The van der Waals surface area contributed by atoms with E-state index in [1.165, 1.54) is 0 Å². The second-order valence-corrected chi connectivity index (χ2v) is 8.61. The highest BCUT2D eigenvalue weighted by Gasteiger charge is 2.29. The fourth-order valence-electron chi connectivity index (χ4n) is 5.54. The van der Waals surface area contributed by atoms with Gasteiger partial charge in [-0.3, -0.25) is 19.2 Å². The topological polar surface area (TPSA) is 200 Å². The lowest BCUT2D eigenvalue weighted by Gasteiger charge is -2.20. The normalized spacial score (nSPS) is 12.4. The van der Waals surface area contributed by atoms with Gasteiger partial charge in [-0.25, -0.2) is 0 Å². The lowest BCUT2D eigenvalue weighted by molar-refractivity contribution is 0.129. The highest BCUT2D eigenvalue weighted by atomic mass is 16.5. The summed E-state index contributed by atoms with van der Waals surface area (Å²) in [5.41, 5.74) is -4.05. The Balaban J connectivity index is 2.02. The second kappa shape index (κ2) is 5.75. The third kappa shape index (κ3) is 1.90. The van der Waals surface area contributed by atoms with Crippen LogP contribution in [0.15, 0.2) is 43.4 Å². The third-order valence-corrected chi connectivity index (χ3v) is 6.92. The van der Waals surface area contributed by atoms with E-state index in [1.54, 1.807) is 0 Å². The van der Waals surface area contributed by atoms with E-state index < -0.39 is 45.2 Å².